The van der Waals surface area contributed by atoms with E-state index in [1.165, 1.54) is 4.68 Å². The van der Waals surface area contributed by atoms with Crippen molar-refractivity contribution in [2.45, 2.75) is 45.6 Å². The topological polar surface area (TPSA) is 70.1 Å². The van der Waals surface area contributed by atoms with Gasteiger partial charge in [0.2, 0.25) is 0 Å². The summed E-state index contributed by atoms with van der Waals surface area (Å²) in [5.74, 6) is 0.388. The van der Waals surface area contributed by atoms with Crippen molar-refractivity contribution in [3.63, 3.8) is 0 Å². The molecule has 1 fully saturated rings. The van der Waals surface area contributed by atoms with Gasteiger partial charge in [0, 0.05) is 7.05 Å². The Morgan fingerprint density at radius 1 is 1.39 bits per heavy atom. The zero-order chi connectivity index (χ0) is 13.3. The quantitative estimate of drug-likeness (QED) is 0.817. The highest BCUT2D eigenvalue weighted by Gasteiger charge is 2.25. The van der Waals surface area contributed by atoms with Crippen molar-refractivity contribution >= 4 is 11.7 Å². The van der Waals surface area contributed by atoms with E-state index in [1.807, 2.05) is 0 Å². The maximum absolute atomic E-state index is 12.1. The van der Waals surface area contributed by atoms with Gasteiger partial charge in [-0.25, -0.2) is 4.79 Å². The zero-order valence-electron chi connectivity index (χ0n) is 11.3. The fourth-order valence-electron chi connectivity index (χ4n) is 2.47. The van der Waals surface area contributed by atoms with Crippen LogP contribution in [0.5, 0.6) is 0 Å². The number of esters is 1. The molecule has 5 heteroatoms. The second-order valence-corrected chi connectivity index (χ2v) is 5.26. The lowest BCUT2D eigenvalue weighted by atomic mass is 9.89. The molecular formula is C13H21N3O2. The number of rotatable bonds is 2. The molecule has 0 atom stereocenters. The van der Waals surface area contributed by atoms with Crippen LogP contribution in [0.15, 0.2) is 0 Å². The maximum atomic E-state index is 12.1. The van der Waals surface area contributed by atoms with Crippen molar-refractivity contribution in [1.29, 1.82) is 0 Å². The highest BCUT2D eigenvalue weighted by Crippen LogP contribution is 2.27. The third-order valence-electron chi connectivity index (χ3n) is 3.70. The largest absolute Gasteiger partial charge is 0.458 e. The smallest absolute Gasteiger partial charge is 0.359 e. The summed E-state index contributed by atoms with van der Waals surface area (Å²) < 4.78 is 7.02. The van der Waals surface area contributed by atoms with Gasteiger partial charge in [-0.05, 0) is 38.5 Å². The molecule has 5 nitrogen and oxygen atoms in total. The van der Waals surface area contributed by atoms with Crippen LogP contribution in [0.4, 0.5) is 5.69 Å². The second kappa shape index (κ2) is 5.00. The van der Waals surface area contributed by atoms with E-state index in [0.29, 0.717) is 17.1 Å². The van der Waals surface area contributed by atoms with Crippen LogP contribution < -0.4 is 5.73 Å². The Balaban J connectivity index is 2.04. The zero-order valence-corrected chi connectivity index (χ0v) is 11.3. The summed E-state index contributed by atoms with van der Waals surface area (Å²) in [6.45, 7) is 4.02. The molecule has 0 amide bonds. The Bertz CT molecular complexity index is 445. The Hall–Kier alpha value is -1.52. The summed E-state index contributed by atoms with van der Waals surface area (Å²) in [4.78, 5) is 12.1. The molecule has 0 unspecified atom stereocenters. The third-order valence-corrected chi connectivity index (χ3v) is 3.70. The van der Waals surface area contributed by atoms with Gasteiger partial charge in [0.15, 0.2) is 5.69 Å². The van der Waals surface area contributed by atoms with Gasteiger partial charge in [-0.1, -0.05) is 6.92 Å². The lowest BCUT2D eigenvalue weighted by molar-refractivity contribution is 0.0163. The minimum absolute atomic E-state index is 0.0308. The predicted octanol–water partition coefficient (Wildman–Crippen LogP) is 2.05. The van der Waals surface area contributed by atoms with Crippen molar-refractivity contribution in [1.82, 2.24) is 9.78 Å². The van der Waals surface area contributed by atoms with Gasteiger partial charge in [0.05, 0.1) is 11.4 Å². The van der Waals surface area contributed by atoms with Crippen LogP contribution >= 0.6 is 0 Å². The molecule has 1 heterocycles. The number of aryl methyl sites for hydroxylation is 2. The van der Waals surface area contributed by atoms with Gasteiger partial charge in [-0.2, -0.15) is 5.10 Å². The predicted molar refractivity (Wildman–Crippen MR) is 69.2 cm³/mol. The van der Waals surface area contributed by atoms with E-state index in [0.717, 1.165) is 31.6 Å². The van der Waals surface area contributed by atoms with Crippen LogP contribution in [0.25, 0.3) is 0 Å². The Morgan fingerprint density at radius 3 is 2.50 bits per heavy atom. The van der Waals surface area contributed by atoms with Crippen LogP contribution in [-0.2, 0) is 11.8 Å². The lowest BCUT2D eigenvalue weighted by Gasteiger charge is -2.25. The minimum Gasteiger partial charge on any atom is -0.458 e. The number of ether oxygens (including phenoxy) is 1. The van der Waals surface area contributed by atoms with E-state index >= 15 is 0 Å². The fourth-order valence-corrected chi connectivity index (χ4v) is 2.47. The molecule has 0 spiro atoms. The molecular weight excluding hydrogens is 230 g/mol. The fraction of sp³-hybridized carbons (Fsp3) is 0.692. The first-order valence-corrected chi connectivity index (χ1v) is 6.49. The van der Waals surface area contributed by atoms with Crippen LogP contribution in [-0.4, -0.2) is 21.9 Å². The van der Waals surface area contributed by atoms with Crippen LogP contribution in [0.3, 0.4) is 0 Å². The molecule has 100 valence electrons. The molecule has 1 saturated carbocycles. The number of nitrogen functional groups attached to an aromatic ring is 1. The van der Waals surface area contributed by atoms with Gasteiger partial charge in [0.25, 0.3) is 0 Å². The average Bonchev–Trinajstić information content (AvgIpc) is 2.56. The maximum Gasteiger partial charge on any atom is 0.359 e. The second-order valence-electron chi connectivity index (χ2n) is 5.26. The highest BCUT2D eigenvalue weighted by molar-refractivity contribution is 5.93. The molecule has 1 aliphatic carbocycles. The molecule has 2 rings (SSSR count). The van der Waals surface area contributed by atoms with Gasteiger partial charge >= 0.3 is 5.97 Å². The SMILES string of the molecule is Cc1nn(C)c(C(=O)OC2CCC(C)CC2)c1N. The number of hydrogen-bond donors (Lipinski definition) is 1. The number of anilines is 1. The molecule has 18 heavy (non-hydrogen) atoms. The first-order valence-electron chi connectivity index (χ1n) is 6.49. The molecule has 0 aromatic carbocycles. The van der Waals surface area contributed by atoms with Crippen LogP contribution in [0.1, 0.15) is 48.8 Å². The van der Waals surface area contributed by atoms with Crippen molar-refractivity contribution in [3.8, 4) is 0 Å². The molecule has 2 N–H and O–H groups in total. The van der Waals surface area contributed by atoms with E-state index in [2.05, 4.69) is 12.0 Å². The van der Waals surface area contributed by atoms with E-state index in [1.54, 1.807) is 14.0 Å². The molecule has 0 aliphatic heterocycles. The van der Waals surface area contributed by atoms with E-state index in [9.17, 15) is 4.79 Å². The van der Waals surface area contributed by atoms with E-state index in [4.69, 9.17) is 10.5 Å². The summed E-state index contributed by atoms with van der Waals surface area (Å²) in [6.07, 6.45) is 4.17. The minimum atomic E-state index is -0.352. The van der Waals surface area contributed by atoms with Gasteiger partial charge < -0.3 is 10.5 Å². The Morgan fingerprint density at radius 2 is 2.00 bits per heavy atom. The average molecular weight is 251 g/mol. The summed E-state index contributed by atoms with van der Waals surface area (Å²) in [5.41, 5.74) is 7.31. The van der Waals surface area contributed by atoms with Crippen molar-refractivity contribution < 1.29 is 9.53 Å². The first-order chi connectivity index (χ1) is 8.49. The van der Waals surface area contributed by atoms with Crippen molar-refractivity contribution in [3.05, 3.63) is 11.4 Å². The molecule has 1 aliphatic rings. The summed E-state index contributed by atoms with van der Waals surface area (Å²) in [5, 5.41) is 4.13. The number of aromatic nitrogens is 2. The molecule has 0 bridgehead atoms. The summed E-state index contributed by atoms with van der Waals surface area (Å²) in [7, 11) is 1.71. The van der Waals surface area contributed by atoms with E-state index in [-0.39, 0.29) is 12.1 Å². The Kier molecular flexibility index (Phi) is 3.59. The standard InChI is InChI=1S/C13H21N3O2/c1-8-4-6-10(7-5-8)18-13(17)12-11(14)9(2)15-16(12)3/h8,10H,4-7,14H2,1-3H3. The first kappa shape index (κ1) is 12.9. The van der Waals surface area contributed by atoms with Crippen molar-refractivity contribution in [2.24, 2.45) is 13.0 Å². The third kappa shape index (κ3) is 2.49. The van der Waals surface area contributed by atoms with Gasteiger partial charge in [-0.15, -0.1) is 0 Å². The monoisotopic (exact) mass is 251 g/mol. The molecule has 0 radical (unpaired) electrons. The summed E-state index contributed by atoms with van der Waals surface area (Å²) in [6, 6.07) is 0. The van der Waals surface area contributed by atoms with E-state index < -0.39 is 0 Å². The molecule has 1 aromatic heterocycles. The van der Waals surface area contributed by atoms with Crippen LogP contribution in [0.2, 0.25) is 0 Å². The van der Waals surface area contributed by atoms with Gasteiger partial charge in [-0.3, -0.25) is 4.68 Å². The number of nitrogens with two attached hydrogens (primary N) is 1. The number of carbonyl (C=O) groups is 1. The molecule has 1 aromatic rings. The highest BCUT2D eigenvalue weighted by atomic mass is 16.5. The Labute approximate surface area is 107 Å². The number of carbonyl (C=O) groups excluding carboxylic acids is 1. The molecule has 0 saturated heterocycles. The van der Waals surface area contributed by atoms with Gasteiger partial charge in [0.1, 0.15) is 6.10 Å². The number of hydrogen-bond acceptors (Lipinski definition) is 4. The number of nitrogens with zero attached hydrogens (tertiary/aromatic N) is 2. The normalized spacial score (nSPS) is 23.9. The van der Waals surface area contributed by atoms with Crippen LogP contribution in [0, 0.1) is 12.8 Å². The summed E-state index contributed by atoms with van der Waals surface area (Å²) >= 11 is 0. The van der Waals surface area contributed by atoms with Crippen molar-refractivity contribution in [2.75, 3.05) is 5.73 Å². The lowest BCUT2D eigenvalue weighted by Crippen LogP contribution is -2.25.